The minimum absolute atomic E-state index is 0.0108. The Morgan fingerprint density at radius 3 is 2.28 bits per heavy atom. The van der Waals surface area contributed by atoms with Crippen LogP contribution in [0.4, 0.5) is 0 Å². The average Bonchev–Trinajstić information content (AvgIpc) is 3.70. The first-order valence-corrected chi connectivity index (χ1v) is 13.9. The highest BCUT2D eigenvalue weighted by molar-refractivity contribution is 6.30. The zero-order valence-electron chi connectivity index (χ0n) is 22.7. The summed E-state index contributed by atoms with van der Waals surface area (Å²) >= 11 is 6.28. The fourth-order valence-corrected chi connectivity index (χ4v) is 5.58. The number of benzene rings is 3. The molecule has 0 radical (unpaired) electrons. The average molecular weight is 550 g/mol. The van der Waals surface area contributed by atoms with Crippen LogP contribution in [-0.4, -0.2) is 45.9 Å². The molecule has 3 atom stereocenters. The van der Waals surface area contributed by atoms with Crippen LogP contribution >= 0.6 is 11.6 Å². The number of aliphatic hydroxyl groups is 3. The number of hydrogen-bond donors (Lipinski definition) is 3. The van der Waals surface area contributed by atoms with Crippen molar-refractivity contribution in [3.63, 3.8) is 0 Å². The Labute approximate surface area is 234 Å². The van der Waals surface area contributed by atoms with E-state index < -0.39 is 17.9 Å². The summed E-state index contributed by atoms with van der Waals surface area (Å²) in [6.07, 6.45) is 2.62. The molecule has 0 bridgehead atoms. The van der Waals surface area contributed by atoms with Gasteiger partial charge >= 0.3 is 0 Å². The molecule has 1 amide bonds. The van der Waals surface area contributed by atoms with Crippen LogP contribution in [-0.2, 0) is 22.5 Å². The van der Waals surface area contributed by atoms with E-state index in [0.717, 1.165) is 30.4 Å². The predicted octanol–water partition coefficient (Wildman–Crippen LogP) is 5.31. The topological polar surface area (TPSA) is 90.2 Å². The molecule has 2 aliphatic rings. The van der Waals surface area contributed by atoms with Crippen LogP contribution in [0.1, 0.15) is 77.8 Å². The number of ether oxygens (including phenoxy) is 1. The molecule has 1 aliphatic heterocycles. The molecule has 1 fully saturated rings. The molecule has 7 heteroatoms. The van der Waals surface area contributed by atoms with E-state index in [1.54, 1.807) is 29.2 Å². The van der Waals surface area contributed by atoms with Crippen LogP contribution in [0.25, 0.3) is 0 Å². The lowest BCUT2D eigenvalue weighted by atomic mass is 9.88. The van der Waals surface area contributed by atoms with Crippen LogP contribution in [0.3, 0.4) is 0 Å². The molecule has 1 aliphatic carbocycles. The lowest BCUT2D eigenvalue weighted by Crippen LogP contribution is -2.49. The molecule has 39 heavy (non-hydrogen) atoms. The highest BCUT2D eigenvalue weighted by Gasteiger charge is 2.56. The maximum absolute atomic E-state index is 14.4. The summed E-state index contributed by atoms with van der Waals surface area (Å²) < 4.78 is 6.87. The van der Waals surface area contributed by atoms with Gasteiger partial charge in [-0.3, -0.25) is 9.69 Å². The Kier molecular flexibility index (Phi) is 7.38. The van der Waals surface area contributed by atoms with Gasteiger partial charge in [-0.05, 0) is 68.0 Å². The SMILES string of the molecule is CCc1ccc(C(C)N2C(=O)c3cc(C(C)(O)CO)ccc3C2(OCC2(CO)CC2)c2ccc(Cl)cc2)cc1. The number of carbonyl (C=O) groups is 1. The minimum Gasteiger partial charge on any atom is -0.396 e. The third kappa shape index (κ3) is 4.79. The van der Waals surface area contributed by atoms with Gasteiger partial charge in [0.25, 0.3) is 5.91 Å². The number of fused-ring (bicyclic) bond motifs is 1. The van der Waals surface area contributed by atoms with Gasteiger partial charge < -0.3 is 20.1 Å². The van der Waals surface area contributed by atoms with Crippen molar-refractivity contribution < 1.29 is 24.9 Å². The summed E-state index contributed by atoms with van der Waals surface area (Å²) in [6, 6.07) is 20.4. The molecule has 3 unspecified atom stereocenters. The van der Waals surface area contributed by atoms with E-state index in [1.807, 2.05) is 37.3 Å². The van der Waals surface area contributed by atoms with E-state index >= 15 is 0 Å². The third-order valence-electron chi connectivity index (χ3n) is 8.48. The van der Waals surface area contributed by atoms with E-state index in [9.17, 15) is 20.1 Å². The van der Waals surface area contributed by atoms with Crippen LogP contribution in [0.15, 0.2) is 66.7 Å². The lowest BCUT2D eigenvalue weighted by Gasteiger charge is -2.43. The Hall–Kier alpha value is -2.74. The number of aliphatic hydroxyl groups excluding tert-OH is 2. The smallest absolute Gasteiger partial charge is 0.257 e. The second-order valence-corrected chi connectivity index (χ2v) is 11.7. The monoisotopic (exact) mass is 549 g/mol. The minimum atomic E-state index is -1.51. The molecule has 5 rings (SSSR count). The normalized spacial score (nSPS) is 21.9. The largest absolute Gasteiger partial charge is 0.396 e. The molecule has 206 valence electrons. The molecule has 6 nitrogen and oxygen atoms in total. The molecule has 0 saturated heterocycles. The fourth-order valence-electron chi connectivity index (χ4n) is 5.46. The zero-order chi connectivity index (χ0) is 28.0. The molecule has 0 aromatic heterocycles. The molecule has 1 saturated carbocycles. The summed E-state index contributed by atoms with van der Waals surface area (Å²) in [5.74, 6) is -0.239. The van der Waals surface area contributed by atoms with Crippen LogP contribution in [0.5, 0.6) is 0 Å². The molecule has 0 spiro atoms. The van der Waals surface area contributed by atoms with Gasteiger partial charge in [-0.2, -0.15) is 0 Å². The van der Waals surface area contributed by atoms with Gasteiger partial charge in [-0.25, -0.2) is 0 Å². The third-order valence-corrected chi connectivity index (χ3v) is 8.73. The number of aryl methyl sites for hydroxylation is 1. The van der Waals surface area contributed by atoms with E-state index in [-0.39, 0.29) is 30.6 Å². The molecule has 3 N–H and O–H groups in total. The second kappa shape index (κ2) is 10.3. The standard InChI is InChI=1S/C32H36ClNO5/c1-4-22-5-7-23(8-6-22)21(2)34-29(37)27-17-25(30(3,38)18-35)11-14-28(27)32(34,24-9-12-26(33)13-10-24)39-20-31(19-36)15-16-31/h5-14,17,21,35-36,38H,4,15-16,18-20H2,1-3H3. The molecule has 3 aromatic carbocycles. The maximum Gasteiger partial charge on any atom is 0.257 e. The molecular formula is C32H36ClNO5. The van der Waals surface area contributed by atoms with Crippen molar-refractivity contribution in [3.8, 4) is 0 Å². The summed E-state index contributed by atoms with van der Waals surface area (Å²) in [5, 5.41) is 31.3. The Bertz CT molecular complexity index is 1350. The van der Waals surface area contributed by atoms with Gasteiger partial charge in [0.05, 0.1) is 25.9 Å². The van der Waals surface area contributed by atoms with Gasteiger partial charge in [0.1, 0.15) is 5.60 Å². The quantitative estimate of drug-likeness (QED) is 0.319. The first-order chi connectivity index (χ1) is 18.6. The summed E-state index contributed by atoms with van der Waals surface area (Å²) in [4.78, 5) is 16.2. The van der Waals surface area contributed by atoms with E-state index in [1.165, 1.54) is 12.5 Å². The van der Waals surface area contributed by atoms with E-state index in [4.69, 9.17) is 16.3 Å². The molecule has 3 aromatic rings. The lowest BCUT2D eigenvalue weighted by molar-refractivity contribution is -0.137. The first-order valence-electron chi connectivity index (χ1n) is 13.5. The van der Waals surface area contributed by atoms with Gasteiger partial charge in [0.2, 0.25) is 0 Å². The van der Waals surface area contributed by atoms with Crippen molar-refractivity contribution in [2.45, 2.75) is 57.4 Å². The number of halogens is 1. The zero-order valence-corrected chi connectivity index (χ0v) is 23.4. The van der Waals surface area contributed by atoms with Crippen LogP contribution < -0.4 is 0 Å². The van der Waals surface area contributed by atoms with Crippen molar-refractivity contribution in [1.29, 1.82) is 0 Å². The highest BCUT2D eigenvalue weighted by Crippen LogP contribution is 2.53. The Morgan fingerprint density at radius 1 is 1.05 bits per heavy atom. The maximum atomic E-state index is 14.4. The first kappa shape index (κ1) is 27.8. The number of hydrogen-bond acceptors (Lipinski definition) is 5. The van der Waals surface area contributed by atoms with Crippen molar-refractivity contribution in [1.82, 2.24) is 4.90 Å². The fraction of sp³-hybridized carbons (Fsp3) is 0.406. The highest BCUT2D eigenvalue weighted by atomic mass is 35.5. The summed E-state index contributed by atoms with van der Waals surface area (Å²) in [6.45, 7) is 5.41. The molecule has 1 heterocycles. The predicted molar refractivity (Wildman–Crippen MR) is 150 cm³/mol. The van der Waals surface area contributed by atoms with Gasteiger partial charge in [-0.15, -0.1) is 0 Å². The number of nitrogens with zero attached hydrogens (tertiary/aromatic N) is 1. The van der Waals surface area contributed by atoms with Crippen molar-refractivity contribution >= 4 is 17.5 Å². The van der Waals surface area contributed by atoms with Crippen molar-refractivity contribution in [2.24, 2.45) is 5.41 Å². The van der Waals surface area contributed by atoms with Crippen molar-refractivity contribution in [3.05, 3.63) is 105 Å². The Morgan fingerprint density at radius 2 is 1.72 bits per heavy atom. The van der Waals surface area contributed by atoms with E-state index in [2.05, 4.69) is 19.1 Å². The van der Waals surface area contributed by atoms with Gasteiger partial charge in [0.15, 0.2) is 5.72 Å². The van der Waals surface area contributed by atoms with Gasteiger partial charge in [-0.1, -0.05) is 67.1 Å². The number of rotatable bonds is 10. The molecular weight excluding hydrogens is 514 g/mol. The number of amides is 1. The second-order valence-electron chi connectivity index (χ2n) is 11.2. The van der Waals surface area contributed by atoms with E-state index in [0.29, 0.717) is 21.7 Å². The number of carbonyl (C=O) groups excluding carboxylic acids is 1. The Balaban J connectivity index is 1.72. The van der Waals surface area contributed by atoms with Crippen LogP contribution in [0, 0.1) is 5.41 Å². The van der Waals surface area contributed by atoms with Crippen molar-refractivity contribution in [2.75, 3.05) is 19.8 Å². The van der Waals surface area contributed by atoms with Crippen LogP contribution in [0.2, 0.25) is 5.02 Å². The summed E-state index contributed by atoms with van der Waals surface area (Å²) in [7, 11) is 0. The van der Waals surface area contributed by atoms with Gasteiger partial charge in [0, 0.05) is 27.1 Å². The summed E-state index contributed by atoms with van der Waals surface area (Å²) in [5.41, 5.74) is 1.27.